The third-order valence-electron chi connectivity index (χ3n) is 7.53. The fourth-order valence-corrected chi connectivity index (χ4v) is 6.45. The Hall–Kier alpha value is -3.36. The Balaban J connectivity index is 1.74. The van der Waals surface area contributed by atoms with Crippen LogP contribution in [-0.4, -0.2) is 50.0 Å². The van der Waals surface area contributed by atoms with Crippen LogP contribution in [0.25, 0.3) is 0 Å². The molecule has 1 N–H and O–H groups in total. The Morgan fingerprint density at radius 3 is 2.29 bits per heavy atom. The predicted molar refractivity (Wildman–Crippen MR) is 164 cm³/mol. The maximum Gasteiger partial charge on any atom is 0.244 e. The standard InChI is InChI=1S/C32H38ClN3O4S/c1-23-16-17-24(2)29(18-23)36(41(3,39)40)22-31(37)35(21-26-12-9-13-27(33)19-26)30(20-25-10-5-4-6-11-25)32(38)34-28-14-7-8-15-28/h4-6,9-13,16-19,28,30H,7-8,14-15,20-22H2,1-3H3,(H,34,38). The molecule has 3 aromatic rings. The highest BCUT2D eigenvalue weighted by molar-refractivity contribution is 7.92. The number of hydrogen-bond donors (Lipinski definition) is 1. The number of hydrogen-bond acceptors (Lipinski definition) is 4. The lowest BCUT2D eigenvalue weighted by Crippen LogP contribution is -2.54. The first-order valence-corrected chi connectivity index (χ1v) is 16.2. The van der Waals surface area contributed by atoms with Crippen LogP contribution >= 0.6 is 11.6 Å². The van der Waals surface area contributed by atoms with Crippen molar-refractivity contribution < 1.29 is 18.0 Å². The van der Waals surface area contributed by atoms with Gasteiger partial charge >= 0.3 is 0 Å². The SMILES string of the molecule is Cc1ccc(C)c(N(CC(=O)N(Cc2cccc(Cl)c2)C(Cc2ccccc2)C(=O)NC2CCCC2)S(C)(=O)=O)c1. The number of carbonyl (C=O) groups is 2. The van der Waals surface area contributed by atoms with Gasteiger partial charge in [0.15, 0.2) is 0 Å². The minimum absolute atomic E-state index is 0.0614. The van der Waals surface area contributed by atoms with Gasteiger partial charge in [-0.15, -0.1) is 0 Å². The predicted octanol–water partition coefficient (Wildman–Crippen LogP) is 5.42. The van der Waals surface area contributed by atoms with Crippen LogP contribution in [0.2, 0.25) is 5.02 Å². The van der Waals surface area contributed by atoms with E-state index < -0.39 is 28.5 Å². The lowest BCUT2D eigenvalue weighted by molar-refractivity contribution is -0.140. The summed E-state index contributed by atoms with van der Waals surface area (Å²) in [6.07, 6.45) is 5.30. The van der Waals surface area contributed by atoms with Crippen molar-refractivity contribution in [1.82, 2.24) is 10.2 Å². The summed E-state index contributed by atoms with van der Waals surface area (Å²) in [4.78, 5) is 29.6. The zero-order chi connectivity index (χ0) is 29.6. The van der Waals surface area contributed by atoms with Crippen molar-refractivity contribution in [3.8, 4) is 0 Å². The van der Waals surface area contributed by atoms with Crippen LogP contribution in [-0.2, 0) is 32.6 Å². The number of benzene rings is 3. The summed E-state index contributed by atoms with van der Waals surface area (Å²) < 4.78 is 27.2. The summed E-state index contributed by atoms with van der Waals surface area (Å²) in [5.41, 5.74) is 3.70. The van der Waals surface area contributed by atoms with E-state index in [9.17, 15) is 18.0 Å². The molecule has 0 saturated heterocycles. The van der Waals surface area contributed by atoms with Gasteiger partial charge in [0.05, 0.1) is 11.9 Å². The van der Waals surface area contributed by atoms with E-state index in [1.807, 2.05) is 62.4 Å². The highest BCUT2D eigenvalue weighted by Gasteiger charge is 2.34. The molecule has 3 aromatic carbocycles. The number of rotatable bonds is 11. The summed E-state index contributed by atoms with van der Waals surface area (Å²) in [5.74, 6) is -0.715. The number of sulfonamides is 1. The number of carbonyl (C=O) groups excluding carboxylic acids is 2. The largest absolute Gasteiger partial charge is 0.352 e. The van der Waals surface area contributed by atoms with Crippen LogP contribution in [0, 0.1) is 13.8 Å². The lowest BCUT2D eigenvalue weighted by atomic mass is 10.0. The minimum atomic E-state index is -3.82. The maximum absolute atomic E-state index is 14.2. The van der Waals surface area contributed by atoms with Gasteiger partial charge in [0.25, 0.3) is 0 Å². The van der Waals surface area contributed by atoms with E-state index in [0.29, 0.717) is 10.7 Å². The van der Waals surface area contributed by atoms with Crippen LogP contribution in [0.1, 0.15) is 47.9 Å². The Morgan fingerprint density at radius 2 is 1.63 bits per heavy atom. The molecule has 1 fully saturated rings. The van der Waals surface area contributed by atoms with Gasteiger partial charge in [-0.05, 0) is 67.1 Å². The molecule has 218 valence electrons. The summed E-state index contributed by atoms with van der Waals surface area (Å²) in [5, 5.41) is 3.68. The lowest BCUT2D eigenvalue weighted by Gasteiger charge is -2.34. The van der Waals surface area contributed by atoms with Crippen LogP contribution in [0.3, 0.4) is 0 Å². The van der Waals surface area contributed by atoms with E-state index in [1.54, 1.807) is 24.3 Å². The molecule has 0 spiro atoms. The Labute approximate surface area is 248 Å². The van der Waals surface area contributed by atoms with E-state index in [-0.39, 0.29) is 24.9 Å². The van der Waals surface area contributed by atoms with Crippen molar-refractivity contribution in [2.24, 2.45) is 0 Å². The van der Waals surface area contributed by atoms with Gasteiger partial charge < -0.3 is 10.2 Å². The molecule has 41 heavy (non-hydrogen) atoms. The fraction of sp³-hybridized carbons (Fsp3) is 0.375. The number of aryl methyl sites for hydroxylation is 2. The zero-order valence-electron chi connectivity index (χ0n) is 23.8. The molecule has 1 saturated carbocycles. The van der Waals surface area contributed by atoms with Crippen molar-refractivity contribution >= 4 is 39.1 Å². The van der Waals surface area contributed by atoms with Gasteiger partial charge in [-0.1, -0.05) is 79.0 Å². The molecule has 0 radical (unpaired) electrons. The summed E-state index contributed by atoms with van der Waals surface area (Å²) in [6, 6.07) is 21.4. The van der Waals surface area contributed by atoms with E-state index >= 15 is 0 Å². The summed E-state index contributed by atoms with van der Waals surface area (Å²) >= 11 is 6.28. The van der Waals surface area contributed by atoms with Crippen molar-refractivity contribution in [3.05, 3.63) is 100 Å². The number of anilines is 1. The molecule has 1 aliphatic rings. The first-order chi connectivity index (χ1) is 19.5. The number of nitrogens with one attached hydrogen (secondary N) is 1. The monoisotopic (exact) mass is 595 g/mol. The highest BCUT2D eigenvalue weighted by atomic mass is 35.5. The molecule has 1 aliphatic carbocycles. The first kappa shape index (κ1) is 30.6. The second-order valence-corrected chi connectivity index (χ2v) is 13.2. The molecule has 0 heterocycles. The molecule has 7 nitrogen and oxygen atoms in total. The topological polar surface area (TPSA) is 86.8 Å². The second kappa shape index (κ2) is 13.5. The van der Waals surface area contributed by atoms with Crippen LogP contribution in [0.4, 0.5) is 5.69 Å². The molecular formula is C32H38ClN3O4S. The number of halogens is 1. The Morgan fingerprint density at radius 1 is 0.951 bits per heavy atom. The van der Waals surface area contributed by atoms with E-state index in [0.717, 1.165) is 58.5 Å². The molecule has 1 unspecified atom stereocenters. The fourth-order valence-electron chi connectivity index (χ4n) is 5.34. The second-order valence-electron chi connectivity index (χ2n) is 10.9. The van der Waals surface area contributed by atoms with Crippen LogP contribution < -0.4 is 9.62 Å². The normalized spacial score (nSPS) is 14.4. The quantitative estimate of drug-likeness (QED) is 0.321. The molecule has 0 bridgehead atoms. The van der Waals surface area contributed by atoms with Crippen molar-refractivity contribution in [2.45, 2.75) is 64.6 Å². The molecule has 2 amide bonds. The summed E-state index contributed by atoms with van der Waals surface area (Å²) in [7, 11) is -3.82. The molecule has 0 aliphatic heterocycles. The zero-order valence-corrected chi connectivity index (χ0v) is 25.4. The highest BCUT2D eigenvalue weighted by Crippen LogP contribution is 2.26. The van der Waals surface area contributed by atoms with E-state index in [1.165, 1.54) is 4.90 Å². The van der Waals surface area contributed by atoms with E-state index in [2.05, 4.69) is 5.32 Å². The van der Waals surface area contributed by atoms with Gasteiger partial charge in [-0.2, -0.15) is 0 Å². The third-order valence-corrected chi connectivity index (χ3v) is 8.89. The van der Waals surface area contributed by atoms with Crippen molar-refractivity contribution in [3.63, 3.8) is 0 Å². The molecule has 0 aromatic heterocycles. The maximum atomic E-state index is 14.2. The summed E-state index contributed by atoms with van der Waals surface area (Å²) in [6.45, 7) is 3.35. The van der Waals surface area contributed by atoms with Gasteiger partial charge in [0.1, 0.15) is 12.6 Å². The molecular weight excluding hydrogens is 558 g/mol. The first-order valence-electron chi connectivity index (χ1n) is 13.9. The van der Waals surface area contributed by atoms with E-state index in [4.69, 9.17) is 11.6 Å². The Kier molecular flexibility index (Phi) is 10.1. The van der Waals surface area contributed by atoms with Crippen molar-refractivity contribution in [2.75, 3.05) is 17.1 Å². The third kappa shape index (κ3) is 8.33. The Bertz CT molecular complexity index is 1470. The van der Waals surface area contributed by atoms with Gasteiger partial charge in [0, 0.05) is 24.0 Å². The number of nitrogens with zero attached hydrogens (tertiary/aromatic N) is 2. The molecule has 4 rings (SSSR count). The van der Waals surface area contributed by atoms with Gasteiger partial charge in [0.2, 0.25) is 21.8 Å². The average Bonchev–Trinajstić information content (AvgIpc) is 3.43. The van der Waals surface area contributed by atoms with Gasteiger partial charge in [-0.25, -0.2) is 8.42 Å². The number of amides is 2. The molecule has 9 heteroatoms. The van der Waals surface area contributed by atoms with Gasteiger partial charge in [-0.3, -0.25) is 13.9 Å². The van der Waals surface area contributed by atoms with Crippen LogP contribution in [0.5, 0.6) is 0 Å². The van der Waals surface area contributed by atoms with Crippen LogP contribution in [0.15, 0.2) is 72.8 Å². The minimum Gasteiger partial charge on any atom is -0.352 e. The smallest absolute Gasteiger partial charge is 0.244 e. The average molecular weight is 596 g/mol. The van der Waals surface area contributed by atoms with Crippen molar-refractivity contribution in [1.29, 1.82) is 0 Å². The molecule has 1 atom stereocenters.